The summed E-state index contributed by atoms with van der Waals surface area (Å²) in [4.78, 5) is 13.0. The molecule has 0 saturated carbocycles. The van der Waals surface area contributed by atoms with Crippen molar-refractivity contribution in [2.24, 2.45) is 0 Å². The van der Waals surface area contributed by atoms with Crippen molar-refractivity contribution in [2.45, 2.75) is 11.8 Å². The summed E-state index contributed by atoms with van der Waals surface area (Å²) in [6.07, 6.45) is 0. The van der Waals surface area contributed by atoms with Crippen LogP contribution in [0.4, 0.5) is 11.4 Å². The van der Waals surface area contributed by atoms with Crippen molar-refractivity contribution in [1.82, 2.24) is 0 Å². The molecule has 3 rings (SSSR count). The van der Waals surface area contributed by atoms with E-state index in [0.717, 1.165) is 9.87 Å². The minimum atomic E-state index is -4.14. The van der Waals surface area contributed by atoms with Gasteiger partial charge < -0.3 is 19.5 Å². The molecular formula is C24H26N2O6S. The lowest BCUT2D eigenvalue weighted by atomic mass is 10.2. The molecule has 3 aromatic rings. The van der Waals surface area contributed by atoms with Gasteiger partial charge in [-0.15, -0.1) is 0 Å². The molecule has 0 radical (unpaired) electrons. The zero-order chi connectivity index (χ0) is 24.0. The molecule has 0 saturated heterocycles. The largest absolute Gasteiger partial charge is 0.497 e. The van der Waals surface area contributed by atoms with Crippen LogP contribution in [0.2, 0.25) is 0 Å². The lowest BCUT2D eigenvalue weighted by Crippen LogP contribution is -2.38. The van der Waals surface area contributed by atoms with Crippen LogP contribution in [-0.2, 0) is 14.8 Å². The Morgan fingerprint density at radius 3 is 2.21 bits per heavy atom. The molecule has 0 heterocycles. The number of nitrogens with zero attached hydrogens (tertiary/aromatic N) is 1. The Labute approximate surface area is 193 Å². The number of amides is 1. The molecule has 33 heavy (non-hydrogen) atoms. The quantitative estimate of drug-likeness (QED) is 0.511. The number of aryl methyl sites for hydroxylation is 1. The van der Waals surface area contributed by atoms with Crippen molar-refractivity contribution < 1.29 is 27.4 Å². The molecule has 9 heteroatoms. The summed E-state index contributed by atoms with van der Waals surface area (Å²) in [6.45, 7) is 1.33. The maximum Gasteiger partial charge on any atom is 0.268 e. The van der Waals surface area contributed by atoms with E-state index in [1.54, 1.807) is 67.6 Å². The Kier molecular flexibility index (Phi) is 7.44. The predicted molar refractivity (Wildman–Crippen MR) is 127 cm³/mol. The fraction of sp³-hybridized carbons (Fsp3) is 0.208. The summed E-state index contributed by atoms with van der Waals surface area (Å²) in [5.74, 6) is 0.596. The van der Waals surface area contributed by atoms with Gasteiger partial charge in [-0.1, -0.05) is 24.3 Å². The van der Waals surface area contributed by atoms with Gasteiger partial charge >= 0.3 is 0 Å². The van der Waals surface area contributed by atoms with Crippen LogP contribution in [0.5, 0.6) is 17.2 Å². The average molecular weight is 471 g/mol. The van der Waals surface area contributed by atoms with E-state index in [2.05, 4.69) is 5.32 Å². The summed E-state index contributed by atoms with van der Waals surface area (Å²) in [5.41, 5.74) is 1.48. The van der Waals surface area contributed by atoms with Crippen molar-refractivity contribution in [3.63, 3.8) is 0 Å². The standard InChI is InChI=1S/C24H26N2O6S/c1-17-10-13-21(31-3)23(14-17)33(28,29)26(18-8-6-5-7-9-18)16-24(27)25-20-12-11-19(30-2)15-22(20)32-4/h5-15H,16H2,1-4H3,(H,25,27). The van der Waals surface area contributed by atoms with E-state index in [9.17, 15) is 13.2 Å². The van der Waals surface area contributed by atoms with Crippen LogP contribution in [-0.4, -0.2) is 42.2 Å². The Hall–Kier alpha value is -3.72. The molecule has 1 amide bonds. The number of carbonyl (C=O) groups is 1. The number of sulfonamides is 1. The van der Waals surface area contributed by atoms with Crippen LogP contribution >= 0.6 is 0 Å². The number of methoxy groups -OCH3 is 3. The van der Waals surface area contributed by atoms with E-state index in [-0.39, 0.29) is 10.6 Å². The van der Waals surface area contributed by atoms with Gasteiger partial charge in [-0.3, -0.25) is 9.10 Å². The number of benzene rings is 3. The second kappa shape index (κ2) is 10.3. The molecule has 0 aliphatic carbocycles. The molecule has 0 aromatic heterocycles. The summed E-state index contributed by atoms with van der Waals surface area (Å²) < 4.78 is 44.2. The van der Waals surface area contributed by atoms with E-state index in [1.165, 1.54) is 27.4 Å². The lowest BCUT2D eigenvalue weighted by Gasteiger charge is -2.25. The van der Waals surface area contributed by atoms with Gasteiger partial charge in [-0.25, -0.2) is 8.42 Å². The molecule has 8 nitrogen and oxygen atoms in total. The third-order valence-corrected chi connectivity index (χ3v) is 6.70. The van der Waals surface area contributed by atoms with Crippen LogP contribution in [0.15, 0.2) is 71.6 Å². The number of hydrogen-bond acceptors (Lipinski definition) is 6. The SMILES string of the molecule is COc1ccc(NC(=O)CN(c2ccccc2)S(=O)(=O)c2cc(C)ccc2OC)c(OC)c1. The third-order valence-electron chi connectivity index (χ3n) is 4.90. The average Bonchev–Trinajstić information content (AvgIpc) is 2.83. The Bertz CT molecular complexity index is 1230. The highest BCUT2D eigenvalue weighted by Crippen LogP contribution is 2.32. The van der Waals surface area contributed by atoms with Crippen molar-refractivity contribution in [2.75, 3.05) is 37.5 Å². The number of rotatable bonds is 9. The van der Waals surface area contributed by atoms with Gasteiger partial charge in [0, 0.05) is 6.07 Å². The first kappa shape index (κ1) is 23.9. The monoisotopic (exact) mass is 470 g/mol. The number of anilines is 2. The van der Waals surface area contributed by atoms with E-state index in [1.807, 2.05) is 0 Å². The molecule has 0 aliphatic heterocycles. The van der Waals surface area contributed by atoms with Gasteiger partial charge in [0.15, 0.2) is 0 Å². The summed E-state index contributed by atoms with van der Waals surface area (Å²) >= 11 is 0. The van der Waals surface area contributed by atoms with Crippen LogP contribution in [0, 0.1) is 6.92 Å². The van der Waals surface area contributed by atoms with Gasteiger partial charge in [0.05, 0.1) is 32.7 Å². The lowest BCUT2D eigenvalue weighted by molar-refractivity contribution is -0.114. The van der Waals surface area contributed by atoms with Crippen LogP contribution in [0.25, 0.3) is 0 Å². The van der Waals surface area contributed by atoms with Gasteiger partial charge in [-0.2, -0.15) is 0 Å². The number of carbonyl (C=O) groups excluding carboxylic acids is 1. The molecule has 0 fully saturated rings. The fourth-order valence-corrected chi connectivity index (χ4v) is 4.90. The van der Waals surface area contributed by atoms with Gasteiger partial charge in [0.1, 0.15) is 28.7 Å². The summed E-state index contributed by atoms with van der Waals surface area (Å²) in [6, 6.07) is 18.2. The van der Waals surface area contributed by atoms with Crippen molar-refractivity contribution in [1.29, 1.82) is 0 Å². The zero-order valence-electron chi connectivity index (χ0n) is 18.9. The topological polar surface area (TPSA) is 94.2 Å². The van der Waals surface area contributed by atoms with Crippen LogP contribution in [0.1, 0.15) is 5.56 Å². The first-order chi connectivity index (χ1) is 15.8. The number of nitrogens with one attached hydrogen (secondary N) is 1. The zero-order valence-corrected chi connectivity index (χ0v) is 19.7. The Balaban J connectivity index is 1.98. The third kappa shape index (κ3) is 5.38. The first-order valence-electron chi connectivity index (χ1n) is 10.0. The summed E-state index contributed by atoms with van der Waals surface area (Å²) in [7, 11) is 0.256. The molecular weight excluding hydrogens is 444 g/mol. The highest BCUT2D eigenvalue weighted by molar-refractivity contribution is 7.93. The number of para-hydroxylation sites is 1. The maximum absolute atomic E-state index is 13.7. The molecule has 1 N–H and O–H groups in total. The molecule has 0 aliphatic rings. The highest BCUT2D eigenvalue weighted by atomic mass is 32.2. The van der Waals surface area contributed by atoms with Gasteiger partial charge in [0.2, 0.25) is 5.91 Å². The van der Waals surface area contributed by atoms with E-state index >= 15 is 0 Å². The van der Waals surface area contributed by atoms with Crippen LogP contribution < -0.4 is 23.8 Å². The number of ether oxygens (including phenoxy) is 3. The minimum absolute atomic E-state index is 0.0244. The molecule has 0 atom stereocenters. The highest BCUT2D eigenvalue weighted by Gasteiger charge is 2.30. The number of hydrogen-bond donors (Lipinski definition) is 1. The van der Waals surface area contributed by atoms with E-state index < -0.39 is 22.5 Å². The van der Waals surface area contributed by atoms with Crippen molar-refractivity contribution in [3.05, 3.63) is 72.3 Å². The Morgan fingerprint density at radius 1 is 0.879 bits per heavy atom. The second-order valence-corrected chi connectivity index (χ2v) is 8.95. The van der Waals surface area contributed by atoms with Crippen LogP contribution in [0.3, 0.4) is 0 Å². The van der Waals surface area contributed by atoms with Crippen molar-refractivity contribution >= 4 is 27.3 Å². The second-order valence-electron chi connectivity index (χ2n) is 7.12. The molecule has 0 bridgehead atoms. The first-order valence-corrected chi connectivity index (χ1v) is 11.5. The smallest absolute Gasteiger partial charge is 0.268 e. The van der Waals surface area contributed by atoms with Gasteiger partial charge in [-0.05, 0) is 48.9 Å². The Morgan fingerprint density at radius 2 is 1.58 bits per heavy atom. The fourth-order valence-electron chi connectivity index (χ4n) is 3.24. The molecule has 0 unspecified atom stereocenters. The predicted octanol–water partition coefficient (Wildman–Crippen LogP) is 3.85. The molecule has 3 aromatic carbocycles. The van der Waals surface area contributed by atoms with Crippen molar-refractivity contribution in [3.8, 4) is 17.2 Å². The molecule has 0 spiro atoms. The van der Waals surface area contributed by atoms with E-state index in [4.69, 9.17) is 14.2 Å². The summed E-state index contributed by atoms with van der Waals surface area (Å²) in [5, 5.41) is 2.72. The molecule has 174 valence electrons. The maximum atomic E-state index is 13.7. The van der Waals surface area contributed by atoms with E-state index in [0.29, 0.717) is 22.9 Å². The normalized spacial score (nSPS) is 10.9. The minimum Gasteiger partial charge on any atom is -0.497 e. The van der Waals surface area contributed by atoms with Gasteiger partial charge in [0.25, 0.3) is 10.0 Å².